The van der Waals surface area contributed by atoms with Gasteiger partial charge in [-0.15, -0.1) is 24.0 Å². The number of nitrogens with zero attached hydrogens (tertiary/aromatic N) is 2. The molecule has 0 radical (unpaired) electrons. The van der Waals surface area contributed by atoms with Gasteiger partial charge in [0.15, 0.2) is 5.96 Å². The molecule has 31 heavy (non-hydrogen) atoms. The van der Waals surface area contributed by atoms with Gasteiger partial charge in [-0.05, 0) is 62.6 Å². The summed E-state index contributed by atoms with van der Waals surface area (Å²) in [6, 6.07) is 8.39. The number of hydrogen-bond acceptors (Lipinski definition) is 3. The Morgan fingerprint density at radius 3 is 2.48 bits per heavy atom. The van der Waals surface area contributed by atoms with E-state index in [1.807, 2.05) is 19.2 Å². The molecule has 2 heterocycles. The van der Waals surface area contributed by atoms with Crippen molar-refractivity contribution in [2.24, 2.45) is 4.99 Å². The monoisotopic (exact) mass is 561 g/mol. The third-order valence-corrected chi connectivity index (χ3v) is 7.35. The number of likely N-dealkylation sites (tertiary alicyclic amines) is 1. The Morgan fingerprint density at radius 1 is 1.16 bits per heavy atom. The fourth-order valence-corrected chi connectivity index (χ4v) is 5.10. The molecule has 1 unspecified atom stereocenters. The van der Waals surface area contributed by atoms with Crippen molar-refractivity contribution in [3.63, 3.8) is 0 Å². The number of nitrogens with one attached hydrogen (secondary N) is 1. The van der Waals surface area contributed by atoms with Crippen molar-refractivity contribution in [2.75, 3.05) is 39.9 Å². The molecule has 2 saturated heterocycles. The lowest BCUT2D eigenvalue weighted by Crippen LogP contribution is -2.52. The molecule has 1 aliphatic carbocycles. The Morgan fingerprint density at radius 2 is 1.90 bits per heavy atom. The molecule has 1 atom stereocenters. The Kier molecular flexibility index (Phi) is 9.74. The lowest BCUT2D eigenvalue weighted by Gasteiger charge is -2.44. The highest BCUT2D eigenvalue weighted by Gasteiger charge is 2.39. The first-order chi connectivity index (χ1) is 14.7. The van der Waals surface area contributed by atoms with Crippen LogP contribution in [-0.4, -0.2) is 63.0 Å². The predicted molar refractivity (Wildman–Crippen MR) is 138 cm³/mol. The summed E-state index contributed by atoms with van der Waals surface area (Å²) in [5.74, 6) is 1.02. The molecule has 7 heteroatoms. The highest BCUT2D eigenvalue weighted by molar-refractivity contribution is 14.0. The van der Waals surface area contributed by atoms with Crippen LogP contribution in [0, 0.1) is 0 Å². The van der Waals surface area contributed by atoms with E-state index in [9.17, 15) is 0 Å². The molecule has 0 bridgehead atoms. The molecular formula is C24H37ClIN3O2. The number of benzene rings is 1. The van der Waals surface area contributed by atoms with Crippen molar-refractivity contribution in [3.05, 3.63) is 34.9 Å². The summed E-state index contributed by atoms with van der Waals surface area (Å²) in [6.45, 7) is 4.55. The van der Waals surface area contributed by atoms with Crippen LogP contribution in [0.3, 0.4) is 0 Å². The largest absolute Gasteiger partial charge is 0.376 e. The topological polar surface area (TPSA) is 46.1 Å². The molecule has 5 nitrogen and oxygen atoms in total. The van der Waals surface area contributed by atoms with Gasteiger partial charge in [0.25, 0.3) is 0 Å². The molecule has 3 fully saturated rings. The molecule has 1 N–H and O–H groups in total. The van der Waals surface area contributed by atoms with Gasteiger partial charge in [0.1, 0.15) is 0 Å². The van der Waals surface area contributed by atoms with Crippen molar-refractivity contribution >= 4 is 41.5 Å². The number of ether oxygens (including phenoxy) is 2. The van der Waals surface area contributed by atoms with Gasteiger partial charge in [0.2, 0.25) is 0 Å². The van der Waals surface area contributed by atoms with Gasteiger partial charge in [-0.2, -0.15) is 0 Å². The van der Waals surface area contributed by atoms with Crippen molar-refractivity contribution in [2.45, 2.75) is 69.0 Å². The second-order valence-corrected chi connectivity index (χ2v) is 9.49. The standard InChI is InChI=1S/C24H36ClN3O2.HI/c1-26-23(27-18-24(12-4-13-24)19-6-8-20(25)9-7-19)28-14-10-21(11-15-28)30-17-22-5-2-3-16-29-22;/h6-9,21-22H,2-5,10-18H2,1H3,(H,26,27);1H. The van der Waals surface area contributed by atoms with Gasteiger partial charge in [0.05, 0.1) is 18.8 Å². The summed E-state index contributed by atoms with van der Waals surface area (Å²) in [7, 11) is 1.89. The smallest absolute Gasteiger partial charge is 0.193 e. The van der Waals surface area contributed by atoms with Crippen LogP contribution < -0.4 is 5.32 Å². The van der Waals surface area contributed by atoms with Crippen molar-refractivity contribution < 1.29 is 9.47 Å². The average Bonchev–Trinajstić information content (AvgIpc) is 2.76. The van der Waals surface area contributed by atoms with E-state index < -0.39 is 0 Å². The van der Waals surface area contributed by atoms with Gasteiger partial charge in [0, 0.05) is 43.7 Å². The zero-order chi connectivity index (χ0) is 20.8. The van der Waals surface area contributed by atoms with E-state index in [-0.39, 0.29) is 29.4 Å². The summed E-state index contributed by atoms with van der Waals surface area (Å²) in [4.78, 5) is 6.96. The van der Waals surface area contributed by atoms with Gasteiger partial charge >= 0.3 is 0 Å². The summed E-state index contributed by atoms with van der Waals surface area (Å²) < 4.78 is 12.0. The lowest BCUT2D eigenvalue weighted by molar-refractivity contribution is -0.0721. The third-order valence-electron chi connectivity index (χ3n) is 7.10. The second-order valence-electron chi connectivity index (χ2n) is 9.05. The predicted octanol–water partition coefficient (Wildman–Crippen LogP) is 5.01. The fraction of sp³-hybridized carbons (Fsp3) is 0.708. The normalized spacial score (nSPS) is 24.3. The van der Waals surface area contributed by atoms with Crippen molar-refractivity contribution in [3.8, 4) is 0 Å². The first-order valence-corrected chi connectivity index (χ1v) is 12.0. The molecule has 1 aromatic rings. The maximum atomic E-state index is 6.17. The van der Waals surface area contributed by atoms with Crippen molar-refractivity contribution in [1.82, 2.24) is 10.2 Å². The van der Waals surface area contributed by atoms with E-state index in [1.54, 1.807) is 0 Å². The number of hydrogen-bond donors (Lipinski definition) is 1. The highest BCUT2D eigenvalue weighted by Crippen LogP contribution is 2.43. The first-order valence-electron chi connectivity index (χ1n) is 11.6. The maximum Gasteiger partial charge on any atom is 0.193 e. The first kappa shape index (κ1) is 25.1. The minimum atomic E-state index is 0. The SMILES string of the molecule is CN=C(NCC1(c2ccc(Cl)cc2)CCC1)N1CCC(OCC2CCCCO2)CC1.I. The molecule has 4 rings (SSSR count). The van der Waals surface area contributed by atoms with Crippen LogP contribution in [0.1, 0.15) is 56.9 Å². The highest BCUT2D eigenvalue weighted by atomic mass is 127. The number of piperidine rings is 1. The molecule has 0 aromatic heterocycles. The van der Waals surface area contributed by atoms with Crippen LogP contribution in [-0.2, 0) is 14.9 Å². The third kappa shape index (κ3) is 6.49. The van der Waals surface area contributed by atoms with E-state index in [2.05, 4.69) is 27.3 Å². The molecule has 0 spiro atoms. The second kappa shape index (κ2) is 12.1. The zero-order valence-corrected chi connectivity index (χ0v) is 21.7. The van der Waals surface area contributed by atoms with Gasteiger partial charge in [-0.25, -0.2) is 0 Å². The van der Waals surface area contributed by atoms with Crippen molar-refractivity contribution in [1.29, 1.82) is 0 Å². The molecule has 2 aliphatic heterocycles. The fourth-order valence-electron chi connectivity index (χ4n) is 4.97. The Balaban J connectivity index is 0.00000272. The quantitative estimate of drug-likeness (QED) is 0.302. The van der Waals surface area contributed by atoms with Crippen LogP contribution in [0.4, 0.5) is 0 Å². The van der Waals surface area contributed by atoms with E-state index in [4.69, 9.17) is 21.1 Å². The summed E-state index contributed by atoms with van der Waals surface area (Å²) in [5.41, 5.74) is 1.60. The van der Waals surface area contributed by atoms with E-state index >= 15 is 0 Å². The Bertz CT molecular complexity index is 697. The average molecular weight is 562 g/mol. The van der Waals surface area contributed by atoms with Crippen LogP contribution in [0.5, 0.6) is 0 Å². The maximum absolute atomic E-state index is 6.17. The van der Waals surface area contributed by atoms with Crippen LogP contribution in [0.15, 0.2) is 29.3 Å². The minimum absolute atomic E-state index is 0. The van der Waals surface area contributed by atoms with E-state index in [1.165, 1.54) is 37.7 Å². The van der Waals surface area contributed by atoms with Gasteiger partial charge in [-0.3, -0.25) is 4.99 Å². The number of halogens is 2. The Labute approximate surface area is 209 Å². The molecule has 1 aromatic carbocycles. The number of aliphatic imine (C=N–C) groups is 1. The lowest BCUT2D eigenvalue weighted by atomic mass is 9.64. The zero-order valence-electron chi connectivity index (χ0n) is 18.7. The molecule has 0 amide bonds. The Hall–Kier alpha value is -0.570. The molecule has 3 aliphatic rings. The minimum Gasteiger partial charge on any atom is -0.376 e. The van der Waals surface area contributed by atoms with Gasteiger partial charge in [-0.1, -0.05) is 30.2 Å². The van der Waals surface area contributed by atoms with Crippen LogP contribution >= 0.6 is 35.6 Å². The van der Waals surface area contributed by atoms with E-state index in [0.29, 0.717) is 12.2 Å². The van der Waals surface area contributed by atoms with Crippen LogP contribution in [0.25, 0.3) is 0 Å². The molecular weight excluding hydrogens is 525 g/mol. The summed E-state index contributed by atoms with van der Waals surface area (Å²) in [5, 5.41) is 4.48. The van der Waals surface area contributed by atoms with E-state index in [0.717, 1.165) is 63.1 Å². The molecule has 1 saturated carbocycles. The summed E-state index contributed by atoms with van der Waals surface area (Å²) >= 11 is 6.09. The van der Waals surface area contributed by atoms with Crippen LogP contribution in [0.2, 0.25) is 5.02 Å². The summed E-state index contributed by atoms with van der Waals surface area (Å²) in [6.07, 6.45) is 10.1. The number of guanidine groups is 1. The number of rotatable bonds is 6. The van der Waals surface area contributed by atoms with Gasteiger partial charge < -0.3 is 19.7 Å². The molecule has 174 valence electrons.